The maximum atomic E-state index is 12.9. The molecule has 0 spiro atoms. The highest BCUT2D eigenvalue weighted by Gasteiger charge is 2.45. The first-order valence-corrected chi connectivity index (χ1v) is 5.12. The third-order valence-corrected chi connectivity index (χ3v) is 2.54. The van der Waals surface area contributed by atoms with Gasteiger partial charge in [-0.3, -0.25) is 0 Å². The lowest BCUT2D eigenvalue weighted by atomic mass is 10.3. The van der Waals surface area contributed by atoms with Gasteiger partial charge in [0, 0.05) is 6.42 Å². The Morgan fingerprint density at radius 2 is 2.12 bits per heavy atom. The minimum Gasteiger partial charge on any atom is -0.457 e. The number of aliphatic hydroxyl groups excluding tert-OH is 1. The molecule has 1 saturated carbocycles. The summed E-state index contributed by atoms with van der Waals surface area (Å²) in [6.45, 7) is 0. The molecule has 9 heteroatoms. The molecule has 94 valence electrons. The lowest BCUT2D eigenvalue weighted by Gasteiger charge is -2.16. The number of alkyl halides is 2. The molecule has 0 aromatic rings. The zero-order valence-corrected chi connectivity index (χ0v) is 8.78. The summed E-state index contributed by atoms with van der Waals surface area (Å²) < 4.78 is 33.7. The third-order valence-electron chi connectivity index (χ3n) is 2.04. The second-order valence-corrected chi connectivity index (χ2v) is 4.05. The molecule has 0 amide bonds. The predicted molar refractivity (Wildman–Crippen MR) is 47.1 cm³/mol. The van der Waals surface area contributed by atoms with Crippen LogP contribution >= 0.6 is 12.0 Å². The van der Waals surface area contributed by atoms with Crippen molar-refractivity contribution in [1.29, 1.82) is 0 Å². The number of rotatable bonds is 5. The Balaban J connectivity index is 2.38. The van der Waals surface area contributed by atoms with Crippen LogP contribution < -0.4 is 0 Å². The van der Waals surface area contributed by atoms with E-state index in [0.717, 1.165) is 0 Å². The lowest BCUT2D eigenvalue weighted by Crippen LogP contribution is -2.30. The highest BCUT2D eigenvalue weighted by Crippen LogP contribution is 2.33. The summed E-state index contributed by atoms with van der Waals surface area (Å²) in [4.78, 5) is 10.9. The Hall–Kier alpha value is -0.480. The van der Waals surface area contributed by atoms with Gasteiger partial charge in [0.15, 0.2) is 0 Å². The molecule has 1 aliphatic carbocycles. The van der Waals surface area contributed by atoms with Crippen LogP contribution in [0.1, 0.15) is 19.3 Å². The molecule has 0 bridgehead atoms. The van der Waals surface area contributed by atoms with Crippen molar-refractivity contribution in [3.63, 3.8) is 0 Å². The second-order valence-electron chi connectivity index (χ2n) is 3.24. The minimum absolute atomic E-state index is 0.143. The molecule has 0 heterocycles. The van der Waals surface area contributed by atoms with Crippen LogP contribution in [-0.2, 0) is 18.9 Å². The Morgan fingerprint density at radius 1 is 1.44 bits per heavy atom. The monoisotopic (exact) mass is 260 g/mol. The zero-order valence-electron chi connectivity index (χ0n) is 7.97. The Bertz CT molecular complexity index is 251. The van der Waals surface area contributed by atoms with Crippen molar-refractivity contribution in [2.24, 2.45) is 0 Å². The average Bonchev–Trinajstić information content (AvgIpc) is 2.61. The van der Waals surface area contributed by atoms with Gasteiger partial charge >= 0.3 is 11.2 Å². The maximum Gasteiger partial charge on any atom is 0.415 e. The molecule has 16 heavy (non-hydrogen) atoms. The van der Waals surface area contributed by atoms with Crippen molar-refractivity contribution in [3.8, 4) is 0 Å². The van der Waals surface area contributed by atoms with Crippen molar-refractivity contribution in [2.45, 2.75) is 36.7 Å². The summed E-state index contributed by atoms with van der Waals surface area (Å²) in [6, 6.07) is 0. The van der Waals surface area contributed by atoms with E-state index >= 15 is 0 Å². The molecule has 1 rings (SSSR count). The van der Waals surface area contributed by atoms with E-state index < -0.39 is 35.5 Å². The first kappa shape index (κ1) is 13.6. The number of ether oxygens (including phenoxy) is 1. The Labute approximate surface area is 93.5 Å². The van der Waals surface area contributed by atoms with Crippen LogP contribution in [0.5, 0.6) is 0 Å². The van der Waals surface area contributed by atoms with E-state index in [0.29, 0.717) is 12.8 Å². The summed E-state index contributed by atoms with van der Waals surface area (Å²) in [5.74, 6) is -1.80. The molecular formula is C7H10F2O6S. The summed E-state index contributed by atoms with van der Waals surface area (Å²) in [6.07, 6.45) is -0.456. The fraction of sp³-hybridized carbons (Fsp3) is 0.857. The molecule has 2 atom stereocenters. The van der Waals surface area contributed by atoms with Gasteiger partial charge in [0.05, 0.1) is 6.10 Å². The van der Waals surface area contributed by atoms with Crippen molar-refractivity contribution in [2.75, 3.05) is 0 Å². The van der Waals surface area contributed by atoms with E-state index in [1.54, 1.807) is 0 Å². The van der Waals surface area contributed by atoms with Crippen LogP contribution in [0.3, 0.4) is 0 Å². The van der Waals surface area contributed by atoms with Gasteiger partial charge in [0.2, 0.25) is 0 Å². The number of aliphatic hydroxyl groups is 1. The SMILES string of the molecule is O=C(OC1CCC(O)C1)C(F)(F)SOOO. The molecule has 0 saturated heterocycles. The van der Waals surface area contributed by atoms with Gasteiger partial charge < -0.3 is 9.84 Å². The van der Waals surface area contributed by atoms with Crippen LogP contribution in [-0.4, -0.2) is 33.8 Å². The van der Waals surface area contributed by atoms with Crippen molar-refractivity contribution in [1.82, 2.24) is 0 Å². The Morgan fingerprint density at radius 3 is 2.62 bits per heavy atom. The smallest absolute Gasteiger partial charge is 0.415 e. The number of halogens is 2. The zero-order chi connectivity index (χ0) is 12.2. The first-order valence-electron chi connectivity index (χ1n) is 4.38. The van der Waals surface area contributed by atoms with Crippen LogP contribution in [0.4, 0.5) is 8.78 Å². The Kier molecular flexibility index (Phi) is 4.87. The number of hydrogen-bond donors (Lipinski definition) is 2. The van der Waals surface area contributed by atoms with Crippen LogP contribution in [0.15, 0.2) is 0 Å². The van der Waals surface area contributed by atoms with Gasteiger partial charge in [-0.2, -0.15) is 8.78 Å². The first-order chi connectivity index (χ1) is 7.45. The quantitative estimate of drug-likeness (QED) is 0.331. The molecule has 2 unspecified atom stereocenters. The van der Waals surface area contributed by atoms with Gasteiger partial charge in [-0.25, -0.2) is 10.1 Å². The molecule has 0 radical (unpaired) electrons. The number of hydrogen-bond acceptors (Lipinski definition) is 7. The van der Waals surface area contributed by atoms with Crippen LogP contribution in [0.2, 0.25) is 0 Å². The molecule has 0 aromatic carbocycles. The molecule has 0 aromatic heterocycles. The summed E-state index contributed by atoms with van der Waals surface area (Å²) in [5, 5.41) is 15.7. The predicted octanol–water partition coefficient (Wildman–Crippen LogP) is 1.11. The van der Waals surface area contributed by atoms with Crippen molar-refractivity contribution >= 4 is 18.0 Å². The molecule has 1 fully saturated rings. The third kappa shape index (κ3) is 3.83. The van der Waals surface area contributed by atoms with Gasteiger partial charge in [0.25, 0.3) is 0 Å². The largest absolute Gasteiger partial charge is 0.457 e. The standard InChI is InChI=1S/C7H10F2O6S/c8-7(9,16-15-14-12)6(11)13-5-2-1-4(10)3-5/h4-5,10,12H,1-3H2. The topological polar surface area (TPSA) is 85.2 Å². The molecule has 2 N–H and O–H groups in total. The summed E-state index contributed by atoms with van der Waals surface area (Å²) in [5.41, 5.74) is 0. The minimum atomic E-state index is -3.98. The van der Waals surface area contributed by atoms with E-state index in [4.69, 9.17) is 10.4 Å². The van der Waals surface area contributed by atoms with Crippen molar-refractivity contribution in [3.05, 3.63) is 0 Å². The number of carbonyl (C=O) groups is 1. The maximum absolute atomic E-state index is 12.9. The van der Waals surface area contributed by atoms with Gasteiger partial charge in [-0.05, 0) is 12.8 Å². The summed E-state index contributed by atoms with van der Waals surface area (Å²) in [7, 11) is 0. The normalized spacial score (nSPS) is 25.8. The summed E-state index contributed by atoms with van der Waals surface area (Å²) >= 11 is -0.672. The molecule has 0 aliphatic heterocycles. The van der Waals surface area contributed by atoms with Gasteiger partial charge in [0.1, 0.15) is 18.1 Å². The number of esters is 1. The van der Waals surface area contributed by atoms with E-state index in [1.165, 1.54) is 0 Å². The highest BCUT2D eigenvalue weighted by atomic mass is 32.2. The van der Waals surface area contributed by atoms with Gasteiger partial charge in [-0.1, -0.05) is 5.04 Å². The second kappa shape index (κ2) is 5.73. The van der Waals surface area contributed by atoms with E-state index in [9.17, 15) is 13.6 Å². The van der Waals surface area contributed by atoms with E-state index in [2.05, 4.69) is 14.1 Å². The fourth-order valence-corrected chi connectivity index (χ4v) is 1.57. The average molecular weight is 260 g/mol. The van der Waals surface area contributed by atoms with Gasteiger partial charge in [-0.15, -0.1) is 4.33 Å². The molecule has 1 aliphatic rings. The van der Waals surface area contributed by atoms with E-state index in [-0.39, 0.29) is 6.42 Å². The fourth-order valence-electron chi connectivity index (χ4n) is 1.34. The van der Waals surface area contributed by atoms with Crippen LogP contribution in [0, 0.1) is 0 Å². The van der Waals surface area contributed by atoms with Crippen molar-refractivity contribution < 1.29 is 38.0 Å². The molecule has 6 nitrogen and oxygen atoms in total. The van der Waals surface area contributed by atoms with Crippen LogP contribution in [0.25, 0.3) is 0 Å². The van der Waals surface area contributed by atoms with E-state index in [1.807, 2.05) is 0 Å². The lowest BCUT2D eigenvalue weighted by molar-refractivity contribution is -0.433. The molecular weight excluding hydrogens is 250 g/mol. The highest BCUT2D eigenvalue weighted by molar-refractivity contribution is 7.96. The number of carbonyl (C=O) groups excluding carboxylic acids is 1.